The van der Waals surface area contributed by atoms with Crippen LogP contribution < -0.4 is 11.1 Å². The Kier molecular flexibility index (Phi) is 6.01. The van der Waals surface area contributed by atoms with Gasteiger partial charge in [0.05, 0.1) is 10.4 Å². The number of carbonyl (C=O) groups is 1. The number of benzene rings is 1. The Bertz CT molecular complexity index is 661. The maximum atomic E-state index is 12.5. The van der Waals surface area contributed by atoms with E-state index in [0.717, 1.165) is 25.7 Å². The third kappa shape index (κ3) is 3.79. The number of sulfonamides is 1. The zero-order chi connectivity index (χ0) is 17.8. The van der Waals surface area contributed by atoms with Crippen LogP contribution in [-0.2, 0) is 10.0 Å². The van der Waals surface area contributed by atoms with Crippen LogP contribution in [0.4, 0.5) is 0 Å². The molecule has 1 aliphatic rings. The summed E-state index contributed by atoms with van der Waals surface area (Å²) >= 11 is 0. The van der Waals surface area contributed by atoms with Crippen LogP contribution in [-0.4, -0.2) is 43.8 Å². The topological polar surface area (TPSA) is 92.5 Å². The van der Waals surface area contributed by atoms with Gasteiger partial charge in [0.25, 0.3) is 5.91 Å². The van der Waals surface area contributed by atoms with Crippen molar-refractivity contribution in [2.75, 3.05) is 19.6 Å². The van der Waals surface area contributed by atoms with Crippen molar-refractivity contribution in [3.63, 3.8) is 0 Å². The van der Waals surface area contributed by atoms with E-state index in [1.54, 1.807) is 26.0 Å². The van der Waals surface area contributed by atoms with Crippen LogP contribution in [0, 0.1) is 0 Å². The van der Waals surface area contributed by atoms with Gasteiger partial charge in [-0.1, -0.05) is 26.7 Å². The number of hydrogen-bond donors (Lipinski definition) is 2. The third-order valence-electron chi connectivity index (χ3n) is 4.79. The maximum Gasteiger partial charge on any atom is 0.251 e. The van der Waals surface area contributed by atoms with Crippen molar-refractivity contribution in [1.29, 1.82) is 0 Å². The molecule has 3 N–H and O–H groups in total. The number of nitrogens with one attached hydrogen (secondary N) is 1. The molecule has 0 radical (unpaired) electrons. The van der Waals surface area contributed by atoms with Crippen LogP contribution >= 0.6 is 0 Å². The van der Waals surface area contributed by atoms with E-state index in [4.69, 9.17) is 5.73 Å². The van der Waals surface area contributed by atoms with Crippen LogP contribution in [0.25, 0.3) is 0 Å². The quantitative estimate of drug-likeness (QED) is 0.780. The molecule has 0 aromatic heterocycles. The Labute approximate surface area is 144 Å². The molecule has 1 fully saturated rings. The van der Waals surface area contributed by atoms with E-state index in [0.29, 0.717) is 25.2 Å². The minimum atomic E-state index is -3.50. The first-order valence-electron chi connectivity index (χ1n) is 8.51. The molecule has 1 aliphatic carbocycles. The average molecular weight is 353 g/mol. The zero-order valence-corrected chi connectivity index (χ0v) is 15.2. The highest BCUT2D eigenvalue weighted by Crippen LogP contribution is 2.29. The standard InChI is InChI=1S/C17H27N3O3S/c1-3-20(4-2)24(22,23)15-9-7-14(8-10-15)16(21)19-17(13-18)11-5-6-12-17/h7-10H,3-6,11-13,18H2,1-2H3,(H,19,21). The summed E-state index contributed by atoms with van der Waals surface area (Å²) in [7, 11) is -3.50. The average Bonchev–Trinajstić information content (AvgIpc) is 3.05. The van der Waals surface area contributed by atoms with E-state index in [1.807, 2.05) is 0 Å². The van der Waals surface area contributed by atoms with Crippen LogP contribution in [0.2, 0.25) is 0 Å². The smallest absolute Gasteiger partial charge is 0.251 e. The molecule has 1 amide bonds. The summed E-state index contributed by atoms with van der Waals surface area (Å²) in [5.41, 5.74) is 5.98. The highest BCUT2D eigenvalue weighted by molar-refractivity contribution is 7.89. The number of rotatable bonds is 7. The summed E-state index contributed by atoms with van der Waals surface area (Å²) in [6, 6.07) is 6.11. The Balaban J connectivity index is 2.16. The molecule has 0 bridgehead atoms. The van der Waals surface area contributed by atoms with Gasteiger partial charge in [0.15, 0.2) is 0 Å². The molecule has 0 aliphatic heterocycles. The lowest BCUT2D eigenvalue weighted by atomic mass is 9.97. The van der Waals surface area contributed by atoms with Gasteiger partial charge in [-0.25, -0.2) is 8.42 Å². The number of hydrogen-bond acceptors (Lipinski definition) is 4. The van der Waals surface area contributed by atoms with Crippen molar-refractivity contribution >= 4 is 15.9 Å². The van der Waals surface area contributed by atoms with Crippen LogP contribution in [0.3, 0.4) is 0 Å². The Morgan fingerprint density at radius 3 is 2.17 bits per heavy atom. The van der Waals surface area contributed by atoms with E-state index in [9.17, 15) is 13.2 Å². The summed E-state index contributed by atoms with van der Waals surface area (Å²) in [6.45, 7) is 4.86. The fraction of sp³-hybridized carbons (Fsp3) is 0.588. The van der Waals surface area contributed by atoms with Crippen molar-refractivity contribution < 1.29 is 13.2 Å². The molecule has 1 aromatic carbocycles. The Hall–Kier alpha value is -1.44. The molecular weight excluding hydrogens is 326 g/mol. The summed E-state index contributed by atoms with van der Waals surface area (Å²) in [5, 5.41) is 3.04. The second-order valence-electron chi connectivity index (χ2n) is 6.26. The number of nitrogens with two attached hydrogens (primary N) is 1. The van der Waals surface area contributed by atoms with E-state index < -0.39 is 10.0 Å². The first-order chi connectivity index (χ1) is 11.4. The van der Waals surface area contributed by atoms with Gasteiger partial charge in [0, 0.05) is 25.2 Å². The van der Waals surface area contributed by atoms with Gasteiger partial charge in [-0.05, 0) is 37.1 Å². The number of carbonyl (C=O) groups excluding carboxylic acids is 1. The second kappa shape index (κ2) is 7.63. The summed E-state index contributed by atoms with van der Waals surface area (Å²) in [5.74, 6) is -0.200. The lowest BCUT2D eigenvalue weighted by molar-refractivity contribution is 0.0903. The first kappa shape index (κ1) is 18.9. The van der Waals surface area contributed by atoms with Gasteiger partial charge in [-0.3, -0.25) is 4.79 Å². The molecule has 0 heterocycles. The van der Waals surface area contributed by atoms with Crippen molar-refractivity contribution in [2.24, 2.45) is 5.73 Å². The molecule has 24 heavy (non-hydrogen) atoms. The zero-order valence-electron chi connectivity index (χ0n) is 14.4. The lowest BCUT2D eigenvalue weighted by Gasteiger charge is -2.28. The largest absolute Gasteiger partial charge is 0.345 e. The van der Waals surface area contributed by atoms with Gasteiger partial charge < -0.3 is 11.1 Å². The Morgan fingerprint density at radius 2 is 1.71 bits per heavy atom. The highest BCUT2D eigenvalue weighted by Gasteiger charge is 2.34. The van der Waals surface area contributed by atoms with Gasteiger partial charge >= 0.3 is 0 Å². The van der Waals surface area contributed by atoms with Gasteiger partial charge in [-0.15, -0.1) is 0 Å². The van der Waals surface area contributed by atoms with Crippen LogP contribution in [0.15, 0.2) is 29.2 Å². The van der Waals surface area contributed by atoms with E-state index in [2.05, 4.69) is 5.32 Å². The molecule has 0 saturated heterocycles. The molecule has 0 unspecified atom stereocenters. The molecule has 1 aromatic rings. The predicted octanol–water partition coefficient (Wildman–Crippen LogP) is 1.72. The van der Waals surface area contributed by atoms with Crippen molar-refractivity contribution in [1.82, 2.24) is 9.62 Å². The summed E-state index contributed by atoms with van der Waals surface area (Å²) in [6.07, 6.45) is 3.92. The first-order valence-corrected chi connectivity index (χ1v) is 9.95. The predicted molar refractivity (Wildman–Crippen MR) is 94.3 cm³/mol. The van der Waals surface area contributed by atoms with E-state index in [-0.39, 0.29) is 16.3 Å². The van der Waals surface area contributed by atoms with Crippen molar-refractivity contribution in [3.8, 4) is 0 Å². The van der Waals surface area contributed by atoms with E-state index >= 15 is 0 Å². The van der Waals surface area contributed by atoms with Gasteiger partial charge in [-0.2, -0.15) is 4.31 Å². The van der Waals surface area contributed by atoms with Crippen LogP contribution in [0.1, 0.15) is 49.9 Å². The van der Waals surface area contributed by atoms with Crippen LogP contribution in [0.5, 0.6) is 0 Å². The molecule has 0 spiro atoms. The monoisotopic (exact) mass is 353 g/mol. The van der Waals surface area contributed by atoms with Gasteiger partial charge in [0.2, 0.25) is 10.0 Å². The number of amides is 1. The maximum absolute atomic E-state index is 12.5. The molecule has 1 saturated carbocycles. The second-order valence-corrected chi connectivity index (χ2v) is 8.20. The molecule has 7 heteroatoms. The molecule has 2 rings (SSSR count). The summed E-state index contributed by atoms with van der Waals surface area (Å²) in [4.78, 5) is 12.7. The molecular formula is C17H27N3O3S. The Morgan fingerprint density at radius 1 is 1.17 bits per heavy atom. The SMILES string of the molecule is CCN(CC)S(=O)(=O)c1ccc(C(=O)NC2(CN)CCCC2)cc1. The minimum absolute atomic E-state index is 0.200. The summed E-state index contributed by atoms with van der Waals surface area (Å²) < 4.78 is 26.3. The fourth-order valence-corrected chi connectivity index (χ4v) is 4.69. The molecule has 6 nitrogen and oxygen atoms in total. The van der Waals surface area contributed by atoms with Gasteiger partial charge in [0.1, 0.15) is 0 Å². The molecule has 134 valence electrons. The number of nitrogens with zero attached hydrogens (tertiary/aromatic N) is 1. The molecule has 0 atom stereocenters. The van der Waals surface area contributed by atoms with E-state index in [1.165, 1.54) is 16.4 Å². The van der Waals surface area contributed by atoms with Crippen molar-refractivity contribution in [3.05, 3.63) is 29.8 Å². The third-order valence-corrected chi connectivity index (χ3v) is 6.85. The van der Waals surface area contributed by atoms with Crippen molar-refractivity contribution in [2.45, 2.75) is 50.0 Å². The fourth-order valence-electron chi connectivity index (χ4n) is 3.24. The normalized spacial score (nSPS) is 17.2. The minimum Gasteiger partial charge on any atom is -0.345 e. The highest BCUT2D eigenvalue weighted by atomic mass is 32.2. The lowest BCUT2D eigenvalue weighted by Crippen LogP contribution is -2.51.